The molecule has 0 aliphatic rings. The van der Waals surface area contributed by atoms with Gasteiger partial charge >= 0.3 is 0 Å². The van der Waals surface area contributed by atoms with Gasteiger partial charge in [0.25, 0.3) is 10.0 Å². The Kier molecular flexibility index (Phi) is 10.9. The summed E-state index contributed by atoms with van der Waals surface area (Å²) >= 11 is 6.10. The zero-order chi connectivity index (χ0) is 31.1. The van der Waals surface area contributed by atoms with Crippen molar-refractivity contribution in [1.82, 2.24) is 10.2 Å². The molecule has 9 nitrogen and oxygen atoms in total. The number of nitrogens with one attached hydrogen (secondary N) is 1. The minimum Gasteiger partial charge on any atom is -0.493 e. The lowest BCUT2D eigenvalue weighted by molar-refractivity contribution is -0.141. The van der Waals surface area contributed by atoms with Gasteiger partial charge in [0.05, 0.1) is 24.8 Å². The van der Waals surface area contributed by atoms with E-state index in [1.807, 2.05) is 58.0 Å². The quantitative estimate of drug-likeness (QED) is 0.297. The zero-order valence-electron chi connectivity index (χ0n) is 24.8. The summed E-state index contributed by atoms with van der Waals surface area (Å²) in [4.78, 5) is 28.9. The number of nitrogens with zero attached hydrogens (tertiary/aromatic N) is 2. The van der Waals surface area contributed by atoms with E-state index in [-0.39, 0.29) is 28.8 Å². The SMILES string of the molecule is CCC(C(=O)NC(C)(C)C)N(Cc1ccccc1)C(=O)CN(c1ccc(Cl)cc1)S(=O)(=O)c1ccc(OC)c(OC)c1. The lowest BCUT2D eigenvalue weighted by atomic mass is 10.1. The highest BCUT2D eigenvalue weighted by Gasteiger charge is 2.35. The van der Waals surface area contributed by atoms with Gasteiger partial charge in [-0.15, -0.1) is 0 Å². The lowest BCUT2D eigenvalue weighted by Gasteiger charge is -2.34. The molecule has 11 heteroatoms. The van der Waals surface area contributed by atoms with Crippen molar-refractivity contribution in [3.8, 4) is 11.5 Å². The average Bonchev–Trinajstić information content (AvgIpc) is 2.95. The number of carbonyl (C=O) groups excluding carboxylic acids is 2. The van der Waals surface area contributed by atoms with Gasteiger partial charge in [0, 0.05) is 23.2 Å². The molecular weight excluding hydrogens is 578 g/mol. The van der Waals surface area contributed by atoms with Crippen LogP contribution < -0.4 is 19.1 Å². The highest BCUT2D eigenvalue weighted by atomic mass is 35.5. The van der Waals surface area contributed by atoms with Gasteiger partial charge in [-0.05, 0) is 69.2 Å². The van der Waals surface area contributed by atoms with Gasteiger partial charge in [0.1, 0.15) is 12.6 Å². The number of carbonyl (C=O) groups is 2. The third-order valence-electron chi connectivity index (χ3n) is 6.42. The van der Waals surface area contributed by atoms with E-state index in [1.54, 1.807) is 12.1 Å². The maximum absolute atomic E-state index is 14.1. The topological polar surface area (TPSA) is 105 Å². The summed E-state index contributed by atoms with van der Waals surface area (Å²) in [7, 11) is -1.44. The highest BCUT2D eigenvalue weighted by molar-refractivity contribution is 7.92. The number of methoxy groups -OCH3 is 2. The van der Waals surface area contributed by atoms with Crippen molar-refractivity contribution < 1.29 is 27.5 Å². The van der Waals surface area contributed by atoms with Crippen LogP contribution in [0.25, 0.3) is 0 Å². The second-order valence-electron chi connectivity index (χ2n) is 10.7. The van der Waals surface area contributed by atoms with E-state index in [9.17, 15) is 18.0 Å². The molecule has 3 aromatic carbocycles. The number of sulfonamides is 1. The molecule has 1 atom stereocenters. The Balaban J connectivity index is 2.09. The number of ether oxygens (including phenoxy) is 2. The number of hydrogen-bond acceptors (Lipinski definition) is 6. The van der Waals surface area contributed by atoms with Crippen LogP contribution in [0.4, 0.5) is 5.69 Å². The second-order valence-corrected chi connectivity index (χ2v) is 13.0. The highest BCUT2D eigenvalue weighted by Crippen LogP contribution is 2.33. The Hall–Kier alpha value is -3.76. The summed E-state index contributed by atoms with van der Waals surface area (Å²) < 4.78 is 39.8. The molecule has 0 saturated carbocycles. The summed E-state index contributed by atoms with van der Waals surface area (Å²) in [5, 5.41) is 3.36. The third-order valence-corrected chi connectivity index (χ3v) is 8.44. The average molecular weight is 616 g/mol. The Morgan fingerprint density at radius 2 is 1.55 bits per heavy atom. The van der Waals surface area contributed by atoms with Gasteiger partial charge in [0.15, 0.2) is 11.5 Å². The number of benzene rings is 3. The van der Waals surface area contributed by atoms with Crippen molar-refractivity contribution in [3.05, 3.63) is 83.4 Å². The van der Waals surface area contributed by atoms with Crippen molar-refractivity contribution in [1.29, 1.82) is 0 Å². The molecule has 0 heterocycles. The maximum Gasteiger partial charge on any atom is 0.264 e. The Morgan fingerprint density at radius 3 is 2.10 bits per heavy atom. The summed E-state index contributed by atoms with van der Waals surface area (Å²) in [5.74, 6) is -0.296. The molecule has 1 N–H and O–H groups in total. The first-order chi connectivity index (χ1) is 19.8. The molecule has 0 radical (unpaired) electrons. The molecule has 42 heavy (non-hydrogen) atoms. The van der Waals surface area contributed by atoms with Gasteiger partial charge in [-0.25, -0.2) is 8.42 Å². The fraction of sp³-hybridized carbons (Fsp3) is 0.355. The standard InChI is InChI=1S/C31H38ClN3O6S/c1-7-26(30(37)33-31(2,3)4)34(20-22-11-9-8-10-12-22)29(36)21-35(24-15-13-23(32)14-16-24)42(38,39)25-17-18-27(40-5)28(19-25)41-6/h8-19,26H,7,20-21H2,1-6H3,(H,33,37). The van der Waals surface area contributed by atoms with Crippen LogP contribution in [-0.4, -0.2) is 57.5 Å². The van der Waals surface area contributed by atoms with Crippen LogP contribution in [0, 0.1) is 0 Å². The Bertz CT molecular complexity index is 1470. The van der Waals surface area contributed by atoms with Crippen LogP contribution in [0.5, 0.6) is 11.5 Å². The molecule has 0 aliphatic heterocycles. The predicted molar refractivity (Wildman–Crippen MR) is 164 cm³/mol. The zero-order valence-corrected chi connectivity index (χ0v) is 26.3. The lowest BCUT2D eigenvalue weighted by Crippen LogP contribution is -2.55. The molecular formula is C31H38ClN3O6S. The molecule has 0 saturated heterocycles. The summed E-state index contributed by atoms with van der Waals surface area (Å²) in [6.07, 6.45) is 0.323. The fourth-order valence-electron chi connectivity index (χ4n) is 4.39. The molecule has 0 aromatic heterocycles. The van der Waals surface area contributed by atoms with Crippen LogP contribution >= 0.6 is 11.6 Å². The molecule has 1 unspecified atom stereocenters. The van der Waals surface area contributed by atoms with Crippen molar-refractivity contribution in [2.45, 2.75) is 57.1 Å². The van der Waals surface area contributed by atoms with Gasteiger partial charge < -0.3 is 19.7 Å². The van der Waals surface area contributed by atoms with Crippen molar-refractivity contribution in [2.24, 2.45) is 0 Å². The number of anilines is 1. The molecule has 2 amide bonds. The minimum absolute atomic E-state index is 0.102. The Morgan fingerprint density at radius 1 is 0.929 bits per heavy atom. The summed E-state index contributed by atoms with van der Waals surface area (Å²) in [6.45, 7) is 6.94. The fourth-order valence-corrected chi connectivity index (χ4v) is 5.95. The van der Waals surface area contributed by atoms with Gasteiger partial charge in [-0.1, -0.05) is 48.9 Å². The molecule has 0 aliphatic carbocycles. The van der Waals surface area contributed by atoms with E-state index in [4.69, 9.17) is 21.1 Å². The van der Waals surface area contributed by atoms with Crippen LogP contribution in [0.1, 0.15) is 39.7 Å². The normalized spacial score (nSPS) is 12.3. The van der Waals surface area contributed by atoms with Crippen molar-refractivity contribution in [3.63, 3.8) is 0 Å². The molecule has 0 spiro atoms. The third kappa shape index (κ3) is 8.17. The number of halogens is 1. The van der Waals surface area contributed by atoms with Crippen LogP contribution in [0.2, 0.25) is 5.02 Å². The second kappa shape index (κ2) is 13.9. The Labute approximate surface area is 253 Å². The van der Waals surface area contributed by atoms with Crippen molar-refractivity contribution in [2.75, 3.05) is 25.1 Å². The number of rotatable bonds is 12. The van der Waals surface area contributed by atoms with E-state index in [0.29, 0.717) is 17.2 Å². The van der Waals surface area contributed by atoms with Crippen molar-refractivity contribution >= 4 is 39.1 Å². The minimum atomic E-state index is -4.30. The van der Waals surface area contributed by atoms with Gasteiger partial charge in [0.2, 0.25) is 11.8 Å². The van der Waals surface area contributed by atoms with Crippen LogP contribution in [0.3, 0.4) is 0 Å². The van der Waals surface area contributed by atoms with Crippen LogP contribution in [-0.2, 0) is 26.2 Å². The summed E-state index contributed by atoms with van der Waals surface area (Å²) in [6, 6.07) is 18.8. The summed E-state index contributed by atoms with van der Waals surface area (Å²) in [5.41, 5.74) is 0.501. The molecule has 0 bridgehead atoms. The monoisotopic (exact) mass is 615 g/mol. The molecule has 3 rings (SSSR count). The molecule has 3 aromatic rings. The first kappa shape index (κ1) is 32.8. The van der Waals surface area contributed by atoms with Gasteiger partial charge in [-0.3, -0.25) is 13.9 Å². The first-order valence-corrected chi connectivity index (χ1v) is 15.3. The molecule has 226 valence electrons. The smallest absolute Gasteiger partial charge is 0.264 e. The van der Waals surface area contributed by atoms with E-state index in [0.717, 1.165) is 9.87 Å². The van der Waals surface area contributed by atoms with E-state index >= 15 is 0 Å². The first-order valence-electron chi connectivity index (χ1n) is 13.5. The number of hydrogen-bond donors (Lipinski definition) is 1. The largest absolute Gasteiger partial charge is 0.493 e. The van der Waals surface area contributed by atoms with E-state index < -0.39 is 34.1 Å². The van der Waals surface area contributed by atoms with E-state index in [1.165, 1.54) is 49.5 Å². The van der Waals surface area contributed by atoms with Gasteiger partial charge in [-0.2, -0.15) is 0 Å². The maximum atomic E-state index is 14.1. The van der Waals surface area contributed by atoms with Crippen LogP contribution in [0.15, 0.2) is 77.7 Å². The number of amides is 2. The molecule has 0 fully saturated rings. The van der Waals surface area contributed by atoms with E-state index in [2.05, 4.69) is 5.32 Å². The predicted octanol–water partition coefficient (Wildman–Crippen LogP) is 5.27.